The van der Waals surface area contributed by atoms with Gasteiger partial charge in [0.1, 0.15) is 12.1 Å². The third kappa shape index (κ3) is 1.66. The minimum atomic E-state index is -1.78. The van der Waals surface area contributed by atoms with Crippen LogP contribution in [0.25, 0.3) is 0 Å². The van der Waals surface area contributed by atoms with Crippen LogP contribution in [-0.2, 0) is 9.59 Å². The lowest BCUT2D eigenvalue weighted by Crippen LogP contribution is -2.31. The molecule has 0 saturated carbocycles. The van der Waals surface area contributed by atoms with Crippen molar-refractivity contribution in [2.75, 3.05) is 0 Å². The van der Waals surface area contributed by atoms with E-state index in [1.165, 1.54) is 13.0 Å². The molecule has 0 aromatic rings. The molecular weight excluding hydrogens is 191 g/mol. The molecule has 0 saturated heterocycles. The van der Waals surface area contributed by atoms with Gasteiger partial charge in [-0.15, -0.1) is 0 Å². The quantitative estimate of drug-likeness (QED) is 0.697. The van der Waals surface area contributed by atoms with E-state index in [1.807, 2.05) is 0 Å². The average Bonchev–Trinajstić information content (AvgIpc) is 2.07. The van der Waals surface area contributed by atoms with Gasteiger partial charge in [-0.3, -0.25) is 4.79 Å². The highest BCUT2D eigenvalue weighted by Crippen LogP contribution is 2.28. The number of aliphatic carboxylic acids is 2. The molecule has 0 aromatic carbocycles. The Balaban J connectivity index is 3.20. The van der Waals surface area contributed by atoms with Crippen molar-refractivity contribution in [1.29, 1.82) is 0 Å². The number of hydrogen-bond donors (Lipinski definition) is 2. The third-order valence-electron chi connectivity index (χ3n) is 2.08. The Labute approximate surface area is 79.4 Å². The second-order valence-electron chi connectivity index (χ2n) is 3.02. The van der Waals surface area contributed by atoms with Crippen LogP contribution in [-0.4, -0.2) is 28.3 Å². The van der Waals surface area contributed by atoms with Gasteiger partial charge in [-0.1, -0.05) is 6.08 Å². The summed E-state index contributed by atoms with van der Waals surface area (Å²) in [6, 6.07) is 0. The minimum absolute atomic E-state index is 0.277. The number of rotatable bonds is 2. The molecule has 0 aliphatic heterocycles. The topological polar surface area (TPSA) is 74.6 Å². The van der Waals surface area contributed by atoms with Gasteiger partial charge < -0.3 is 10.2 Å². The molecule has 1 aliphatic carbocycles. The summed E-state index contributed by atoms with van der Waals surface area (Å²) in [4.78, 5) is 21.4. The van der Waals surface area contributed by atoms with Gasteiger partial charge in [-0.2, -0.15) is 0 Å². The second-order valence-corrected chi connectivity index (χ2v) is 3.02. The molecule has 0 heterocycles. The van der Waals surface area contributed by atoms with Crippen molar-refractivity contribution in [1.82, 2.24) is 0 Å². The molecule has 2 N–H and O–H groups in total. The van der Waals surface area contributed by atoms with Crippen LogP contribution in [0, 0.1) is 5.92 Å². The SMILES string of the molecule is CC1=C(C(=O)O)C(C(=O)O)C(F)C=C1. The van der Waals surface area contributed by atoms with E-state index in [2.05, 4.69) is 0 Å². The van der Waals surface area contributed by atoms with Gasteiger partial charge in [-0.05, 0) is 18.6 Å². The monoisotopic (exact) mass is 200 g/mol. The van der Waals surface area contributed by atoms with E-state index >= 15 is 0 Å². The van der Waals surface area contributed by atoms with Gasteiger partial charge in [0, 0.05) is 0 Å². The summed E-state index contributed by atoms with van der Waals surface area (Å²) in [5, 5.41) is 17.4. The van der Waals surface area contributed by atoms with E-state index in [1.54, 1.807) is 0 Å². The smallest absolute Gasteiger partial charge is 0.332 e. The minimum Gasteiger partial charge on any atom is -0.481 e. The van der Waals surface area contributed by atoms with Crippen molar-refractivity contribution in [2.45, 2.75) is 13.1 Å². The van der Waals surface area contributed by atoms with E-state index in [9.17, 15) is 14.0 Å². The van der Waals surface area contributed by atoms with Gasteiger partial charge in [-0.25, -0.2) is 9.18 Å². The molecule has 5 heteroatoms. The summed E-state index contributed by atoms with van der Waals surface area (Å²) in [5.74, 6) is -4.45. The lowest BCUT2D eigenvalue weighted by molar-refractivity contribution is -0.145. The summed E-state index contributed by atoms with van der Waals surface area (Å²) in [5.41, 5.74) is -0.105. The lowest BCUT2D eigenvalue weighted by atomic mass is 9.86. The molecule has 2 unspecified atom stereocenters. The Bertz CT molecular complexity index is 343. The number of halogens is 1. The lowest BCUT2D eigenvalue weighted by Gasteiger charge is -2.20. The fourth-order valence-electron chi connectivity index (χ4n) is 1.40. The van der Waals surface area contributed by atoms with Crippen molar-refractivity contribution in [3.8, 4) is 0 Å². The van der Waals surface area contributed by atoms with E-state index in [4.69, 9.17) is 10.2 Å². The Kier molecular flexibility index (Phi) is 2.69. The number of carboxylic acids is 2. The first kappa shape index (κ1) is 10.4. The predicted octanol–water partition coefficient (Wildman–Crippen LogP) is 0.996. The number of carboxylic acid groups (broad SMARTS) is 2. The molecule has 0 radical (unpaired) electrons. The molecule has 14 heavy (non-hydrogen) atoms. The first-order chi connectivity index (χ1) is 6.45. The maximum Gasteiger partial charge on any atom is 0.332 e. The zero-order valence-corrected chi connectivity index (χ0v) is 7.40. The first-order valence-corrected chi connectivity index (χ1v) is 3.94. The number of carbonyl (C=O) groups is 2. The summed E-state index contributed by atoms with van der Waals surface area (Å²) < 4.78 is 13.1. The summed E-state index contributed by atoms with van der Waals surface area (Å²) in [7, 11) is 0. The largest absolute Gasteiger partial charge is 0.481 e. The fraction of sp³-hybridized carbons (Fsp3) is 0.333. The van der Waals surface area contributed by atoms with Crippen LogP contribution < -0.4 is 0 Å². The van der Waals surface area contributed by atoms with E-state index in [0.717, 1.165) is 6.08 Å². The second kappa shape index (κ2) is 3.61. The molecule has 76 valence electrons. The highest BCUT2D eigenvalue weighted by Gasteiger charge is 2.37. The van der Waals surface area contributed by atoms with Gasteiger partial charge in [0.2, 0.25) is 0 Å². The highest BCUT2D eigenvalue weighted by molar-refractivity contribution is 5.96. The molecule has 0 spiro atoms. The molecule has 4 nitrogen and oxygen atoms in total. The average molecular weight is 200 g/mol. The zero-order valence-electron chi connectivity index (χ0n) is 7.40. The normalized spacial score (nSPS) is 26.4. The van der Waals surface area contributed by atoms with E-state index in [-0.39, 0.29) is 11.1 Å². The van der Waals surface area contributed by atoms with Gasteiger partial charge in [0.25, 0.3) is 0 Å². The molecule has 1 aliphatic rings. The van der Waals surface area contributed by atoms with Gasteiger partial charge in [0.15, 0.2) is 0 Å². The Morgan fingerprint density at radius 2 is 2.00 bits per heavy atom. The molecule has 2 atom stereocenters. The van der Waals surface area contributed by atoms with Crippen molar-refractivity contribution in [3.05, 3.63) is 23.3 Å². The Morgan fingerprint density at radius 1 is 1.43 bits per heavy atom. The van der Waals surface area contributed by atoms with Crippen LogP contribution >= 0.6 is 0 Å². The van der Waals surface area contributed by atoms with Crippen LogP contribution in [0.3, 0.4) is 0 Å². The number of allylic oxidation sites excluding steroid dienone is 3. The standard InChI is InChI=1S/C9H9FO4/c1-4-2-3-5(10)7(9(13)14)6(4)8(11)12/h2-3,5,7H,1H3,(H,11,12)(H,13,14). The third-order valence-corrected chi connectivity index (χ3v) is 2.08. The predicted molar refractivity (Wildman–Crippen MR) is 45.5 cm³/mol. The molecule has 0 fully saturated rings. The molecule has 0 bridgehead atoms. The number of hydrogen-bond acceptors (Lipinski definition) is 2. The maximum absolute atomic E-state index is 13.1. The van der Waals surface area contributed by atoms with Crippen molar-refractivity contribution in [3.63, 3.8) is 0 Å². The first-order valence-electron chi connectivity index (χ1n) is 3.94. The van der Waals surface area contributed by atoms with Crippen LogP contribution in [0.2, 0.25) is 0 Å². The summed E-state index contributed by atoms with van der Waals surface area (Å²) in [6.45, 7) is 1.45. The molecule has 0 aromatic heterocycles. The van der Waals surface area contributed by atoms with Gasteiger partial charge in [0.05, 0.1) is 5.57 Å². The van der Waals surface area contributed by atoms with E-state index in [0.29, 0.717) is 0 Å². The van der Waals surface area contributed by atoms with Crippen LogP contribution in [0.4, 0.5) is 4.39 Å². The molecule has 1 rings (SSSR count). The Morgan fingerprint density at radius 3 is 2.36 bits per heavy atom. The molecule has 0 amide bonds. The molecular formula is C9H9FO4. The van der Waals surface area contributed by atoms with Crippen molar-refractivity contribution >= 4 is 11.9 Å². The van der Waals surface area contributed by atoms with E-state index < -0.39 is 24.0 Å². The Hall–Kier alpha value is -1.65. The van der Waals surface area contributed by atoms with Crippen LogP contribution in [0.5, 0.6) is 0 Å². The van der Waals surface area contributed by atoms with Crippen LogP contribution in [0.15, 0.2) is 23.3 Å². The van der Waals surface area contributed by atoms with Crippen molar-refractivity contribution in [2.24, 2.45) is 5.92 Å². The summed E-state index contributed by atoms with van der Waals surface area (Å²) >= 11 is 0. The maximum atomic E-state index is 13.1. The van der Waals surface area contributed by atoms with Crippen molar-refractivity contribution < 1.29 is 24.2 Å². The fourth-order valence-corrected chi connectivity index (χ4v) is 1.40. The van der Waals surface area contributed by atoms with Crippen LogP contribution in [0.1, 0.15) is 6.92 Å². The van der Waals surface area contributed by atoms with Gasteiger partial charge >= 0.3 is 11.9 Å². The number of alkyl halides is 1. The summed E-state index contributed by atoms with van der Waals surface area (Å²) in [6.07, 6.45) is 0.566. The zero-order chi connectivity index (χ0) is 10.9. The highest BCUT2D eigenvalue weighted by atomic mass is 19.1.